The van der Waals surface area contributed by atoms with Gasteiger partial charge < -0.3 is 9.80 Å². The molecule has 0 aliphatic carbocycles. The minimum Gasteiger partial charge on any atom is -0.372 e. The van der Waals surface area contributed by atoms with Crippen LogP contribution in [0.3, 0.4) is 0 Å². The average Bonchev–Trinajstić information content (AvgIpc) is 2.86. The predicted molar refractivity (Wildman–Crippen MR) is 147 cm³/mol. The van der Waals surface area contributed by atoms with Crippen molar-refractivity contribution in [1.82, 2.24) is 0 Å². The quantitative estimate of drug-likeness (QED) is 0.318. The Morgan fingerprint density at radius 2 is 1.12 bits per heavy atom. The Labute approximate surface area is 201 Å². The molecule has 3 aromatic rings. The van der Waals surface area contributed by atoms with Crippen molar-refractivity contribution in [1.29, 1.82) is 0 Å². The maximum absolute atomic E-state index is 4.44. The first-order valence-corrected chi connectivity index (χ1v) is 12.4. The Morgan fingerprint density at radius 3 is 1.61 bits per heavy atom. The van der Waals surface area contributed by atoms with Gasteiger partial charge >= 0.3 is 0 Å². The van der Waals surface area contributed by atoms with Crippen molar-refractivity contribution >= 4 is 16.9 Å². The van der Waals surface area contributed by atoms with E-state index in [0.29, 0.717) is 0 Å². The van der Waals surface area contributed by atoms with Crippen LogP contribution in [0.15, 0.2) is 79.4 Å². The molecule has 3 aromatic carbocycles. The van der Waals surface area contributed by atoms with Gasteiger partial charge in [-0.2, -0.15) is 0 Å². The topological polar surface area (TPSA) is 6.48 Å². The van der Waals surface area contributed by atoms with E-state index in [2.05, 4.69) is 131 Å². The molecule has 0 atom stereocenters. The van der Waals surface area contributed by atoms with Crippen LogP contribution in [0.4, 0.5) is 11.4 Å². The molecule has 3 rings (SSSR count). The van der Waals surface area contributed by atoms with Gasteiger partial charge in [-0.25, -0.2) is 0 Å². The van der Waals surface area contributed by atoms with E-state index in [1.165, 1.54) is 33.6 Å². The van der Waals surface area contributed by atoms with E-state index in [1.807, 2.05) is 0 Å². The summed E-state index contributed by atoms with van der Waals surface area (Å²) >= 11 is 0. The fourth-order valence-corrected chi connectivity index (χ4v) is 4.57. The van der Waals surface area contributed by atoms with Crippen LogP contribution in [0.5, 0.6) is 0 Å². The normalized spacial score (nSPS) is 11.3. The molecule has 0 N–H and O–H groups in total. The van der Waals surface area contributed by atoms with Crippen molar-refractivity contribution in [2.45, 2.75) is 47.0 Å². The summed E-state index contributed by atoms with van der Waals surface area (Å²) in [5.41, 5.74) is 8.50. The molecular weight excluding hydrogens is 400 g/mol. The molecule has 33 heavy (non-hydrogen) atoms. The van der Waals surface area contributed by atoms with Crippen molar-refractivity contribution < 1.29 is 0 Å². The van der Waals surface area contributed by atoms with Crippen molar-refractivity contribution in [3.8, 4) is 0 Å². The lowest BCUT2D eigenvalue weighted by atomic mass is 9.77. The average molecular weight is 441 g/mol. The van der Waals surface area contributed by atoms with Gasteiger partial charge in [0.15, 0.2) is 0 Å². The molecule has 0 fully saturated rings. The number of rotatable bonds is 10. The van der Waals surface area contributed by atoms with Gasteiger partial charge in [0.05, 0.1) is 0 Å². The molecule has 0 saturated carbocycles. The Bertz CT molecular complexity index is 1040. The lowest BCUT2D eigenvalue weighted by Gasteiger charge is -2.28. The molecule has 0 aliphatic heterocycles. The molecule has 0 unspecified atom stereocenters. The van der Waals surface area contributed by atoms with Gasteiger partial charge in [-0.1, -0.05) is 69.0 Å². The SMILES string of the molecule is C=C(c1ccc(N(CC)CC)cc1)c1cccc(C(C)(C)c2ccc(N(CC)CC)cc2)c1. The summed E-state index contributed by atoms with van der Waals surface area (Å²) in [5, 5.41) is 0. The number of anilines is 2. The van der Waals surface area contributed by atoms with Crippen molar-refractivity contribution in [3.63, 3.8) is 0 Å². The second kappa shape index (κ2) is 10.7. The summed E-state index contributed by atoms with van der Waals surface area (Å²) in [6.45, 7) is 21.9. The Morgan fingerprint density at radius 1 is 0.636 bits per heavy atom. The highest BCUT2D eigenvalue weighted by molar-refractivity contribution is 5.79. The first-order chi connectivity index (χ1) is 15.8. The first-order valence-electron chi connectivity index (χ1n) is 12.4. The van der Waals surface area contributed by atoms with Gasteiger partial charge in [0.1, 0.15) is 0 Å². The first kappa shape index (κ1) is 24.6. The van der Waals surface area contributed by atoms with E-state index in [4.69, 9.17) is 0 Å². The molecule has 0 aliphatic rings. The zero-order valence-corrected chi connectivity index (χ0v) is 21.4. The maximum atomic E-state index is 4.44. The molecule has 174 valence electrons. The largest absolute Gasteiger partial charge is 0.372 e. The minimum absolute atomic E-state index is 0.0926. The molecule has 0 aromatic heterocycles. The maximum Gasteiger partial charge on any atom is 0.0366 e. The molecule has 0 amide bonds. The highest BCUT2D eigenvalue weighted by atomic mass is 15.1. The van der Waals surface area contributed by atoms with E-state index in [1.54, 1.807) is 0 Å². The summed E-state index contributed by atoms with van der Waals surface area (Å²) in [7, 11) is 0. The van der Waals surface area contributed by atoms with E-state index >= 15 is 0 Å². The third kappa shape index (κ3) is 5.33. The van der Waals surface area contributed by atoms with Gasteiger partial charge in [-0.05, 0) is 79.8 Å². The van der Waals surface area contributed by atoms with Crippen LogP contribution in [0.2, 0.25) is 0 Å². The second-order valence-electron chi connectivity index (χ2n) is 9.12. The van der Waals surface area contributed by atoms with Gasteiger partial charge in [-0.15, -0.1) is 0 Å². The van der Waals surface area contributed by atoms with Crippen molar-refractivity contribution in [2.24, 2.45) is 0 Å². The van der Waals surface area contributed by atoms with Crippen LogP contribution in [0.1, 0.15) is 63.8 Å². The summed E-state index contributed by atoms with van der Waals surface area (Å²) in [6.07, 6.45) is 0. The Kier molecular flexibility index (Phi) is 8.02. The number of nitrogens with zero attached hydrogens (tertiary/aromatic N) is 2. The Balaban J connectivity index is 1.85. The predicted octanol–water partition coefficient (Wildman–Crippen LogP) is 7.77. The van der Waals surface area contributed by atoms with Crippen LogP contribution >= 0.6 is 0 Å². The highest BCUT2D eigenvalue weighted by Crippen LogP contribution is 2.35. The summed E-state index contributed by atoms with van der Waals surface area (Å²) in [5.74, 6) is 0. The van der Waals surface area contributed by atoms with Crippen molar-refractivity contribution in [2.75, 3.05) is 36.0 Å². The molecule has 2 heteroatoms. The molecule has 0 heterocycles. The van der Waals surface area contributed by atoms with Crippen LogP contribution in [-0.4, -0.2) is 26.2 Å². The second-order valence-corrected chi connectivity index (χ2v) is 9.12. The van der Waals surface area contributed by atoms with E-state index < -0.39 is 0 Å². The van der Waals surface area contributed by atoms with Gasteiger partial charge in [0.2, 0.25) is 0 Å². The molecule has 0 saturated heterocycles. The van der Waals surface area contributed by atoms with Crippen LogP contribution in [0.25, 0.3) is 5.57 Å². The summed E-state index contributed by atoms with van der Waals surface area (Å²) < 4.78 is 0. The smallest absolute Gasteiger partial charge is 0.0366 e. The molecule has 0 radical (unpaired) electrons. The third-order valence-corrected chi connectivity index (χ3v) is 6.99. The molecule has 0 spiro atoms. The molecule has 0 bridgehead atoms. The lowest BCUT2D eigenvalue weighted by Crippen LogP contribution is -2.23. The van der Waals surface area contributed by atoms with Crippen LogP contribution in [0, 0.1) is 0 Å². The summed E-state index contributed by atoms with van der Waals surface area (Å²) in [4.78, 5) is 4.74. The van der Waals surface area contributed by atoms with Gasteiger partial charge in [0.25, 0.3) is 0 Å². The fourth-order valence-electron chi connectivity index (χ4n) is 4.57. The standard InChI is InChI=1S/C31H40N2/c1-8-32(9-2)29-19-15-25(16-20-29)24(5)26-13-12-14-28(23-26)31(6,7)27-17-21-30(22-18-27)33(10-3)11-4/h12-23H,5,8-11H2,1-4,6-7H3. The monoisotopic (exact) mass is 440 g/mol. The zero-order valence-electron chi connectivity index (χ0n) is 21.4. The Hall–Kier alpha value is -3.00. The fraction of sp³-hybridized carbons (Fsp3) is 0.355. The number of hydrogen-bond acceptors (Lipinski definition) is 2. The van der Waals surface area contributed by atoms with E-state index in [-0.39, 0.29) is 5.41 Å². The van der Waals surface area contributed by atoms with Gasteiger partial charge in [-0.3, -0.25) is 0 Å². The van der Waals surface area contributed by atoms with Crippen LogP contribution in [-0.2, 0) is 5.41 Å². The highest BCUT2D eigenvalue weighted by Gasteiger charge is 2.24. The number of hydrogen-bond donors (Lipinski definition) is 0. The third-order valence-electron chi connectivity index (χ3n) is 6.99. The van der Waals surface area contributed by atoms with Gasteiger partial charge in [0, 0.05) is 43.0 Å². The minimum atomic E-state index is -0.0926. The molecular formula is C31H40N2. The zero-order chi connectivity index (χ0) is 24.0. The van der Waals surface area contributed by atoms with Crippen molar-refractivity contribution in [3.05, 3.63) is 102 Å². The number of benzene rings is 3. The lowest BCUT2D eigenvalue weighted by molar-refractivity contribution is 0.640. The van der Waals surface area contributed by atoms with E-state index in [0.717, 1.165) is 31.8 Å². The van der Waals surface area contributed by atoms with E-state index in [9.17, 15) is 0 Å². The summed E-state index contributed by atoms with van der Waals surface area (Å²) in [6, 6.07) is 26.7. The molecule has 2 nitrogen and oxygen atoms in total. The van der Waals surface area contributed by atoms with Crippen LogP contribution < -0.4 is 9.80 Å².